The van der Waals surface area contributed by atoms with Crippen LogP contribution in [0.5, 0.6) is 23.0 Å². The molecule has 7 nitrogen and oxygen atoms in total. The largest absolute Gasteiger partial charge is 0.514 e. The average Bonchev–Trinajstić information content (AvgIpc) is 2.86. The SMILES string of the molecule is COc1ccc(/C=C/C(=O)c2c(OC)cc(OC)cc2OC(=O)OCc2ccccc2)cc1. The number of carbonyl (C=O) groups is 2. The molecule has 0 saturated heterocycles. The van der Waals surface area contributed by atoms with Gasteiger partial charge in [0.2, 0.25) is 0 Å². The molecule has 33 heavy (non-hydrogen) atoms. The number of benzene rings is 3. The molecule has 0 aromatic heterocycles. The monoisotopic (exact) mass is 448 g/mol. The second kappa shape index (κ2) is 11.4. The third kappa shape index (κ3) is 6.36. The first-order chi connectivity index (χ1) is 16.0. The van der Waals surface area contributed by atoms with E-state index in [0.29, 0.717) is 11.5 Å². The van der Waals surface area contributed by atoms with Crippen LogP contribution in [-0.2, 0) is 11.3 Å². The quantitative estimate of drug-likeness (QED) is 0.190. The minimum Gasteiger partial charge on any atom is -0.497 e. The number of carbonyl (C=O) groups excluding carboxylic acids is 2. The van der Waals surface area contributed by atoms with Gasteiger partial charge < -0.3 is 23.7 Å². The molecule has 0 unspecified atom stereocenters. The minimum atomic E-state index is -0.956. The Morgan fingerprint density at radius 1 is 0.788 bits per heavy atom. The molecule has 0 fully saturated rings. The maximum Gasteiger partial charge on any atom is 0.514 e. The highest BCUT2D eigenvalue weighted by molar-refractivity contribution is 6.11. The van der Waals surface area contributed by atoms with Gasteiger partial charge in [-0.15, -0.1) is 0 Å². The molecule has 0 aliphatic heterocycles. The Morgan fingerprint density at radius 2 is 1.45 bits per heavy atom. The summed E-state index contributed by atoms with van der Waals surface area (Å²) in [6.45, 7) is 0.0292. The predicted octanol–water partition coefficient (Wildman–Crippen LogP) is 5.32. The summed E-state index contributed by atoms with van der Waals surface area (Å²) in [5.41, 5.74) is 1.66. The van der Waals surface area contributed by atoms with Crippen molar-refractivity contribution >= 4 is 18.0 Å². The number of ketones is 1. The molecule has 3 aromatic carbocycles. The van der Waals surface area contributed by atoms with Crippen LogP contribution >= 0.6 is 0 Å². The summed E-state index contributed by atoms with van der Waals surface area (Å²) in [6, 6.07) is 19.3. The molecular formula is C26H24O7. The molecule has 0 aliphatic rings. The summed E-state index contributed by atoms with van der Waals surface area (Å²) < 4.78 is 26.3. The van der Waals surface area contributed by atoms with Gasteiger partial charge in [0.05, 0.1) is 21.3 Å². The Bertz CT molecular complexity index is 1120. The van der Waals surface area contributed by atoms with E-state index in [0.717, 1.165) is 11.1 Å². The molecule has 0 bridgehead atoms. The topological polar surface area (TPSA) is 80.3 Å². The van der Waals surface area contributed by atoms with E-state index in [1.54, 1.807) is 25.3 Å². The van der Waals surface area contributed by atoms with Gasteiger partial charge in [-0.2, -0.15) is 0 Å². The lowest BCUT2D eigenvalue weighted by molar-refractivity contribution is 0.0915. The van der Waals surface area contributed by atoms with Gasteiger partial charge in [0.1, 0.15) is 29.4 Å². The van der Waals surface area contributed by atoms with Crippen molar-refractivity contribution in [2.24, 2.45) is 0 Å². The van der Waals surface area contributed by atoms with E-state index in [1.807, 2.05) is 42.5 Å². The molecular weight excluding hydrogens is 424 g/mol. The lowest BCUT2D eigenvalue weighted by atomic mass is 10.1. The van der Waals surface area contributed by atoms with Crippen molar-refractivity contribution < 1.29 is 33.3 Å². The molecule has 3 aromatic rings. The van der Waals surface area contributed by atoms with Gasteiger partial charge in [0.15, 0.2) is 11.5 Å². The van der Waals surface area contributed by atoms with Crippen LogP contribution in [0.15, 0.2) is 72.8 Å². The fourth-order valence-corrected chi connectivity index (χ4v) is 2.97. The minimum absolute atomic E-state index is 0.0292. The number of allylic oxidation sites excluding steroid dienone is 1. The molecule has 7 heteroatoms. The molecule has 0 N–H and O–H groups in total. The van der Waals surface area contributed by atoms with Gasteiger partial charge in [-0.1, -0.05) is 48.5 Å². The van der Waals surface area contributed by atoms with Gasteiger partial charge in [0, 0.05) is 12.1 Å². The first-order valence-corrected chi connectivity index (χ1v) is 10.0. The van der Waals surface area contributed by atoms with Crippen molar-refractivity contribution in [3.05, 3.63) is 89.5 Å². The first-order valence-electron chi connectivity index (χ1n) is 10.0. The summed E-state index contributed by atoms with van der Waals surface area (Å²) in [6.07, 6.45) is 2.05. The lowest BCUT2D eigenvalue weighted by Crippen LogP contribution is -2.13. The third-order valence-corrected chi connectivity index (χ3v) is 4.68. The van der Waals surface area contributed by atoms with E-state index in [-0.39, 0.29) is 23.7 Å². The second-order valence-electron chi connectivity index (χ2n) is 6.80. The van der Waals surface area contributed by atoms with E-state index in [1.165, 1.54) is 32.4 Å². The Kier molecular flexibility index (Phi) is 8.07. The van der Waals surface area contributed by atoms with Crippen LogP contribution in [0.1, 0.15) is 21.5 Å². The maximum absolute atomic E-state index is 13.0. The highest BCUT2D eigenvalue weighted by atomic mass is 16.7. The van der Waals surface area contributed by atoms with Crippen LogP contribution < -0.4 is 18.9 Å². The molecule has 0 spiro atoms. The van der Waals surface area contributed by atoms with E-state index in [9.17, 15) is 9.59 Å². The van der Waals surface area contributed by atoms with Gasteiger partial charge in [0.25, 0.3) is 0 Å². The third-order valence-electron chi connectivity index (χ3n) is 4.68. The van der Waals surface area contributed by atoms with Crippen LogP contribution in [0.3, 0.4) is 0 Å². The number of hydrogen-bond donors (Lipinski definition) is 0. The zero-order valence-electron chi connectivity index (χ0n) is 18.6. The van der Waals surface area contributed by atoms with Crippen molar-refractivity contribution in [3.8, 4) is 23.0 Å². The van der Waals surface area contributed by atoms with Gasteiger partial charge in [-0.25, -0.2) is 4.79 Å². The summed E-state index contributed by atoms with van der Waals surface area (Å²) in [5, 5.41) is 0. The highest BCUT2D eigenvalue weighted by Gasteiger charge is 2.22. The zero-order valence-corrected chi connectivity index (χ0v) is 18.6. The standard InChI is InChI=1S/C26H24O7/c1-29-20-12-9-18(10-13-20)11-14-22(27)25-23(31-3)15-21(30-2)16-24(25)33-26(28)32-17-19-7-5-4-6-8-19/h4-16H,17H2,1-3H3/b14-11+. The fraction of sp³-hybridized carbons (Fsp3) is 0.154. The summed E-state index contributed by atoms with van der Waals surface area (Å²) in [7, 11) is 4.45. The normalized spacial score (nSPS) is 10.5. The molecule has 0 saturated carbocycles. The zero-order chi connectivity index (χ0) is 23.6. The molecule has 0 radical (unpaired) electrons. The van der Waals surface area contributed by atoms with Gasteiger partial charge in [-0.05, 0) is 29.3 Å². The summed E-state index contributed by atoms with van der Waals surface area (Å²) >= 11 is 0. The molecule has 170 valence electrons. The Hall–Kier alpha value is -4.26. The van der Waals surface area contributed by atoms with Crippen LogP contribution in [0.2, 0.25) is 0 Å². The van der Waals surface area contributed by atoms with E-state index in [4.69, 9.17) is 23.7 Å². The van der Waals surface area contributed by atoms with Crippen molar-refractivity contribution in [1.82, 2.24) is 0 Å². The molecule has 0 heterocycles. The lowest BCUT2D eigenvalue weighted by Gasteiger charge is -2.14. The summed E-state index contributed by atoms with van der Waals surface area (Å²) in [4.78, 5) is 25.4. The highest BCUT2D eigenvalue weighted by Crippen LogP contribution is 2.35. The first kappa shape index (κ1) is 23.4. The maximum atomic E-state index is 13.0. The predicted molar refractivity (Wildman–Crippen MR) is 123 cm³/mol. The molecule has 3 rings (SSSR count). The molecule has 0 amide bonds. The van der Waals surface area contributed by atoms with Crippen LogP contribution in [0, 0.1) is 0 Å². The Balaban J connectivity index is 1.83. The number of methoxy groups -OCH3 is 3. The number of hydrogen-bond acceptors (Lipinski definition) is 7. The Labute approximate surface area is 192 Å². The van der Waals surface area contributed by atoms with Crippen molar-refractivity contribution in [3.63, 3.8) is 0 Å². The van der Waals surface area contributed by atoms with Gasteiger partial charge >= 0.3 is 6.16 Å². The fourth-order valence-electron chi connectivity index (χ4n) is 2.97. The van der Waals surface area contributed by atoms with E-state index in [2.05, 4.69) is 0 Å². The Morgan fingerprint density at radius 3 is 2.09 bits per heavy atom. The van der Waals surface area contributed by atoms with Crippen molar-refractivity contribution in [2.45, 2.75) is 6.61 Å². The smallest absolute Gasteiger partial charge is 0.497 e. The molecule has 0 aliphatic carbocycles. The van der Waals surface area contributed by atoms with Crippen LogP contribution in [0.25, 0.3) is 6.08 Å². The van der Waals surface area contributed by atoms with Gasteiger partial charge in [-0.3, -0.25) is 4.79 Å². The van der Waals surface area contributed by atoms with E-state index < -0.39 is 11.9 Å². The van der Waals surface area contributed by atoms with Crippen LogP contribution in [-0.4, -0.2) is 33.3 Å². The van der Waals surface area contributed by atoms with Crippen LogP contribution in [0.4, 0.5) is 4.79 Å². The van der Waals surface area contributed by atoms with E-state index >= 15 is 0 Å². The number of ether oxygens (including phenoxy) is 5. The summed E-state index contributed by atoms with van der Waals surface area (Å²) in [5.74, 6) is 0.808. The van der Waals surface area contributed by atoms with Crippen molar-refractivity contribution in [2.75, 3.05) is 21.3 Å². The van der Waals surface area contributed by atoms with Crippen molar-refractivity contribution in [1.29, 1.82) is 0 Å². The number of rotatable bonds is 9. The average molecular weight is 448 g/mol. The second-order valence-corrected chi connectivity index (χ2v) is 6.80. The molecule has 0 atom stereocenters.